The first-order valence-electron chi connectivity index (χ1n) is 10.8. The van der Waals surface area contributed by atoms with Gasteiger partial charge in [-0.2, -0.15) is 0 Å². The van der Waals surface area contributed by atoms with Crippen molar-refractivity contribution < 1.29 is 19.1 Å². The van der Waals surface area contributed by atoms with Gasteiger partial charge in [0.2, 0.25) is 0 Å². The lowest BCUT2D eigenvalue weighted by Crippen LogP contribution is -2.53. The normalized spacial score (nSPS) is 26.2. The summed E-state index contributed by atoms with van der Waals surface area (Å²) in [5.41, 5.74) is 7.12. The Bertz CT molecular complexity index is 843. The molecule has 2 N–H and O–H groups in total. The molecule has 0 bridgehead atoms. The number of esters is 1. The number of benzene rings is 1. The van der Waals surface area contributed by atoms with Gasteiger partial charge in [-0.1, -0.05) is 31.4 Å². The molecule has 2 aliphatic rings. The fourth-order valence-corrected chi connectivity index (χ4v) is 4.75. The number of ether oxygens (including phenoxy) is 2. The van der Waals surface area contributed by atoms with E-state index < -0.39 is 17.6 Å². The molecule has 0 aromatic heterocycles. The largest absolute Gasteiger partial charge is 0.453 e. The fraction of sp³-hybridized carbons (Fsp3) is 0.583. The fourth-order valence-electron chi connectivity index (χ4n) is 4.75. The third-order valence-electron chi connectivity index (χ3n) is 6.22. The molecule has 1 saturated heterocycles. The maximum Gasteiger partial charge on any atom is 0.409 e. The van der Waals surface area contributed by atoms with Crippen LogP contribution in [0, 0.1) is 24.7 Å². The molecule has 1 saturated carbocycles. The summed E-state index contributed by atoms with van der Waals surface area (Å²) in [6.45, 7) is 4.59. The predicted molar refractivity (Wildman–Crippen MR) is 115 cm³/mol. The predicted octanol–water partition coefficient (Wildman–Crippen LogP) is 3.40. The average Bonchev–Trinajstić information content (AvgIpc) is 3.17. The number of hydrogen-bond acceptors (Lipinski definition) is 5. The molecule has 162 valence electrons. The Morgan fingerprint density at radius 2 is 2.17 bits per heavy atom. The molecule has 1 heterocycles. The zero-order valence-electron chi connectivity index (χ0n) is 18.1. The number of amides is 1. The Hall–Kier alpha value is -2.52. The second kappa shape index (κ2) is 9.53. The number of aryl methyl sites for hydroxylation is 1. The molecule has 1 aliphatic heterocycles. The van der Waals surface area contributed by atoms with Crippen LogP contribution < -0.4 is 5.73 Å². The van der Waals surface area contributed by atoms with Crippen LogP contribution in [-0.4, -0.2) is 48.3 Å². The first kappa shape index (κ1) is 22.2. The van der Waals surface area contributed by atoms with Crippen LogP contribution in [0.4, 0.5) is 4.79 Å². The van der Waals surface area contributed by atoms with E-state index in [0.29, 0.717) is 19.4 Å². The Balaban J connectivity index is 1.95. The molecular weight excluding hydrogens is 380 g/mol. The summed E-state index contributed by atoms with van der Waals surface area (Å²) in [7, 11) is 1.40. The molecule has 4 atom stereocenters. The molecule has 1 aromatic carbocycles. The van der Waals surface area contributed by atoms with Crippen molar-refractivity contribution in [3.8, 4) is 11.8 Å². The number of fused-ring (bicyclic) bond motifs is 1. The van der Waals surface area contributed by atoms with Crippen LogP contribution in [-0.2, 0) is 14.3 Å². The molecular formula is C24H32N2O4. The molecule has 1 aromatic rings. The highest BCUT2D eigenvalue weighted by Crippen LogP contribution is 2.45. The van der Waals surface area contributed by atoms with Gasteiger partial charge >= 0.3 is 12.1 Å². The molecule has 6 nitrogen and oxygen atoms in total. The minimum atomic E-state index is -0.947. The first-order valence-corrected chi connectivity index (χ1v) is 10.8. The lowest BCUT2D eigenvalue weighted by Gasteiger charge is -2.42. The highest BCUT2D eigenvalue weighted by atomic mass is 16.6. The third kappa shape index (κ3) is 4.62. The van der Waals surface area contributed by atoms with Crippen molar-refractivity contribution in [2.75, 3.05) is 13.7 Å². The summed E-state index contributed by atoms with van der Waals surface area (Å²) in [6.07, 6.45) is 4.08. The van der Waals surface area contributed by atoms with Crippen LogP contribution in [0.2, 0.25) is 0 Å². The number of carbonyl (C=O) groups excluding carboxylic acids is 2. The topological polar surface area (TPSA) is 81.9 Å². The monoisotopic (exact) mass is 412 g/mol. The zero-order valence-corrected chi connectivity index (χ0v) is 18.1. The van der Waals surface area contributed by atoms with Gasteiger partial charge < -0.3 is 20.1 Å². The van der Waals surface area contributed by atoms with Crippen molar-refractivity contribution in [2.24, 2.45) is 11.7 Å². The number of nitrogens with zero attached hydrogens (tertiary/aromatic N) is 1. The van der Waals surface area contributed by atoms with Crippen LogP contribution in [0.3, 0.4) is 0 Å². The number of carbonyl (C=O) groups is 2. The molecule has 3 rings (SSSR count). The van der Waals surface area contributed by atoms with Gasteiger partial charge in [0.05, 0.1) is 7.11 Å². The lowest BCUT2D eigenvalue weighted by atomic mass is 9.72. The van der Waals surface area contributed by atoms with E-state index in [4.69, 9.17) is 15.2 Å². The maximum absolute atomic E-state index is 12.8. The van der Waals surface area contributed by atoms with Gasteiger partial charge in [-0.3, -0.25) is 4.79 Å². The van der Waals surface area contributed by atoms with Crippen LogP contribution in [0.15, 0.2) is 24.3 Å². The van der Waals surface area contributed by atoms with Crippen molar-refractivity contribution in [3.63, 3.8) is 0 Å². The van der Waals surface area contributed by atoms with E-state index in [2.05, 4.69) is 11.8 Å². The third-order valence-corrected chi connectivity index (χ3v) is 6.22. The molecule has 30 heavy (non-hydrogen) atoms. The van der Waals surface area contributed by atoms with Crippen LogP contribution in [0.1, 0.15) is 56.6 Å². The smallest absolute Gasteiger partial charge is 0.409 e. The standard InChI is InChI=1S/C24H32N2O4/c1-4-7-20(25)22(27)30-24(14-11-18-9-5-8-17(2)16-18)13-6-10-21-19(24)12-15-26(21)23(28)29-3/h5,8-9,16,19-21H,4,6-7,10,12-13,15,25H2,1-3H3/t19-,20-,21-,24-/m1/s1. The zero-order chi connectivity index (χ0) is 21.7. The maximum atomic E-state index is 12.8. The highest BCUT2D eigenvalue weighted by Gasteiger charge is 2.54. The van der Waals surface area contributed by atoms with Gasteiger partial charge in [0.25, 0.3) is 0 Å². The Morgan fingerprint density at radius 3 is 2.87 bits per heavy atom. The number of rotatable bonds is 4. The molecule has 1 amide bonds. The Morgan fingerprint density at radius 1 is 1.37 bits per heavy atom. The average molecular weight is 413 g/mol. The van der Waals surface area contributed by atoms with Crippen LogP contribution in [0.5, 0.6) is 0 Å². The molecule has 1 aliphatic carbocycles. The molecule has 0 radical (unpaired) electrons. The van der Waals surface area contributed by atoms with Gasteiger partial charge in [0.15, 0.2) is 5.60 Å². The van der Waals surface area contributed by atoms with E-state index in [1.807, 2.05) is 38.1 Å². The first-order chi connectivity index (χ1) is 14.4. The lowest BCUT2D eigenvalue weighted by molar-refractivity contribution is -0.164. The van der Waals surface area contributed by atoms with Crippen molar-refractivity contribution in [2.45, 2.75) is 70.1 Å². The molecule has 2 fully saturated rings. The van der Waals surface area contributed by atoms with Gasteiger partial charge in [-0.15, -0.1) is 0 Å². The quantitative estimate of drug-likeness (QED) is 0.605. The summed E-state index contributed by atoms with van der Waals surface area (Å²) in [5.74, 6) is 6.10. The van der Waals surface area contributed by atoms with Crippen LogP contribution in [0.25, 0.3) is 0 Å². The summed E-state index contributed by atoms with van der Waals surface area (Å²) in [6, 6.07) is 7.24. The second-order valence-electron chi connectivity index (χ2n) is 8.34. The summed E-state index contributed by atoms with van der Waals surface area (Å²) >= 11 is 0. The van der Waals surface area contributed by atoms with Crippen molar-refractivity contribution in [3.05, 3.63) is 35.4 Å². The Labute approximate surface area is 179 Å². The SMILES string of the molecule is CCC[C@@H](N)C(=O)O[C@@]1(C#Cc2cccc(C)c2)CCC[C@@H]2[C@H]1CCN2C(=O)OC. The Kier molecular flexibility index (Phi) is 7.04. The number of methoxy groups -OCH3 is 1. The van der Waals surface area contributed by atoms with E-state index in [1.54, 1.807) is 4.90 Å². The van der Waals surface area contributed by atoms with E-state index in [0.717, 1.165) is 36.8 Å². The van der Waals surface area contributed by atoms with Crippen LogP contribution >= 0.6 is 0 Å². The van der Waals surface area contributed by atoms with Crippen molar-refractivity contribution >= 4 is 12.1 Å². The number of hydrogen-bond donors (Lipinski definition) is 1. The van der Waals surface area contributed by atoms with Crippen molar-refractivity contribution in [1.82, 2.24) is 4.90 Å². The van der Waals surface area contributed by atoms with E-state index >= 15 is 0 Å². The van der Waals surface area contributed by atoms with Gasteiger partial charge in [0.1, 0.15) is 6.04 Å². The van der Waals surface area contributed by atoms with Gasteiger partial charge in [-0.25, -0.2) is 4.79 Å². The highest BCUT2D eigenvalue weighted by molar-refractivity contribution is 5.76. The van der Waals surface area contributed by atoms with Crippen molar-refractivity contribution in [1.29, 1.82) is 0 Å². The van der Waals surface area contributed by atoms with E-state index in [9.17, 15) is 9.59 Å². The molecule has 6 heteroatoms. The summed E-state index contributed by atoms with van der Waals surface area (Å²) in [4.78, 5) is 26.8. The summed E-state index contributed by atoms with van der Waals surface area (Å²) in [5, 5.41) is 0. The number of nitrogens with two attached hydrogens (primary N) is 1. The minimum Gasteiger partial charge on any atom is -0.453 e. The molecule has 0 spiro atoms. The number of likely N-dealkylation sites (tertiary alicyclic amines) is 1. The summed E-state index contributed by atoms with van der Waals surface area (Å²) < 4.78 is 11.1. The second-order valence-corrected chi connectivity index (χ2v) is 8.34. The minimum absolute atomic E-state index is 0.0480. The van der Waals surface area contributed by atoms with E-state index in [1.165, 1.54) is 7.11 Å². The van der Waals surface area contributed by atoms with Gasteiger partial charge in [0, 0.05) is 24.1 Å². The van der Waals surface area contributed by atoms with E-state index in [-0.39, 0.29) is 18.1 Å². The van der Waals surface area contributed by atoms with Gasteiger partial charge in [-0.05, 0) is 62.6 Å². The molecule has 0 unspecified atom stereocenters.